The number of rotatable bonds is 4. The molecule has 4 aromatic carbocycles. The molecule has 0 nitrogen and oxygen atoms in total. The lowest BCUT2D eigenvalue weighted by molar-refractivity contribution is 0.230. The molecule has 2 fully saturated rings. The average molecular weight is 489 g/mol. The zero-order chi connectivity index (χ0) is 25.4. The molecule has 0 amide bonds. The number of hydrogen-bond donors (Lipinski definition) is 0. The summed E-state index contributed by atoms with van der Waals surface area (Å²) >= 11 is 0. The fourth-order valence-electron chi connectivity index (χ4n) is 6.86. The lowest BCUT2D eigenvalue weighted by Crippen LogP contribution is -2.41. The third kappa shape index (κ3) is 3.61. The first-order valence-electron chi connectivity index (χ1n) is 14.1. The fraction of sp³-hybridized carbons (Fsp3) is 0.211. The van der Waals surface area contributed by atoms with Gasteiger partial charge in [0.2, 0.25) is 0 Å². The van der Waals surface area contributed by atoms with Gasteiger partial charge in [0.1, 0.15) is 0 Å². The van der Waals surface area contributed by atoms with Crippen LogP contribution in [0.15, 0.2) is 126 Å². The van der Waals surface area contributed by atoms with Gasteiger partial charge in [0.25, 0.3) is 0 Å². The van der Waals surface area contributed by atoms with Gasteiger partial charge in [-0.15, -0.1) is 0 Å². The Morgan fingerprint density at radius 2 is 1.26 bits per heavy atom. The van der Waals surface area contributed by atoms with Gasteiger partial charge in [-0.2, -0.15) is 0 Å². The van der Waals surface area contributed by atoms with Crippen LogP contribution in [0.2, 0.25) is 0 Å². The van der Waals surface area contributed by atoms with E-state index in [1.54, 1.807) is 5.57 Å². The first-order chi connectivity index (χ1) is 18.9. The third-order valence-corrected chi connectivity index (χ3v) is 8.94. The summed E-state index contributed by atoms with van der Waals surface area (Å²) in [6, 6.07) is 42.1. The van der Waals surface area contributed by atoms with Gasteiger partial charge in [-0.25, -0.2) is 0 Å². The maximum atomic E-state index is 3.78. The second-order valence-corrected chi connectivity index (χ2v) is 10.9. The van der Waals surface area contributed by atoms with Crippen LogP contribution in [0.5, 0.6) is 0 Å². The summed E-state index contributed by atoms with van der Waals surface area (Å²) in [5.74, 6) is 7.92. The van der Waals surface area contributed by atoms with E-state index in [1.807, 2.05) is 0 Å². The summed E-state index contributed by atoms with van der Waals surface area (Å²) in [6.45, 7) is 0. The molecule has 7 rings (SSSR count). The summed E-state index contributed by atoms with van der Waals surface area (Å²) < 4.78 is 0. The van der Waals surface area contributed by atoms with Crippen LogP contribution in [0.1, 0.15) is 66.3 Å². The molecule has 0 heteroatoms. The highest BCUT2D eigenvalue weighted by Crippen LogP contribution is 2.63. The highest BCUT2D eigenvalue weighted by Gasteiger charge is 2.54. The number of benzene rings is 4. The Morgan fingerprint density at radius 1 is 0.632 bits per heavy atom. The van der Waals surface area contributed by atoms with Crippen molar-refractivity contribution >= 4 is 11.1 Å². The smallest absolute Gasteiger partial charge is 0.0504 e. The predicted octanol–water partition coefficient (Wildman–Crippen LogP) is 9.23. The largest absolute Gasteiger partial charge is 0.0622 e. The summed E-state index contributed by atoms with van der Waals surface area (Å²) in [6.07, 6.45) is 7.45. The normalized spacial score (nSPS) is 20.2. The molecule has 1 unspecified atom stereocenters. The maximum absolute atomic E-state index is 3.78. The number of allylic oxidation sites excluding steroid dienone is 4. The van der Waals surface area contributed by atoms with Gasteiger partial charge in [0, 0.05) is 11.1 Å². The number of fused-ring (bicyclic) bond motifs is 1. The summed E-state index contributed by atoms with van der Waals surface area (Å²) in [4.78, 5) is 0. The van der Waals surface area contributed by atoms with Crippen LogP contribution in [-0.4, -0.2) is 0 Å². The molecule has 184 valence electrons. The van der Waals surface area contributed by atoms with Crippen molar-refractivity contribution in [2.45, 2.75) is 43.9 Å². The standard InChI is InChI=1S/C38H32/c1-4-14-28(15-5-1)26-27-34-33-24-10-11-25-35(33)38(32-22-13-23-32,31-20-8-3-9-21-31)37(34)36(30-18-12-19-30)29-16-6-2-7-17-29/h1-11,14-17,20-21,24-25,32H,12-13,18-19,22-23H2. The Bertz CT molecular complexity index is 1580. The fourth-order valence-corrected chi connectivity index (χ4v) is 6.86. The van der Waals surface area contributed by atoms with E-state index in [0.717, 1.165) is 5.56 Å². The minimum Gasteiger partial charge on any atom is -0.0622 e. The van der Waals surface area contributed by atoms with E-state index in [2.05, 4.69) is 127 Å². The number of hydrogen-bond acceptors (Lipinski definition) is 0. The molecular formula is C38H32. The molecule has 3 aliphatic carbocycles. The molecule has 38 heavy (non-hydrogen) atoms. The molecule has 0 aromatic heterocycles. The molecule has 0 radical (unpaired) electrons. The Hall–Kier alpha value is -4.08. The van der Waals surface area contributed by atoms with Crippen molar-refractivity contribution in [2.75, 3.05) is 0 Å². The van der Waals surface area contributed by atoms with Crippen LogP contribution in [0, 0.1) is 17.8 Å². The highest BCUT2D eigenvalue weighted by atomic mass is 14.6. The first-order valence-corrected chi connectivity index (χ1v) is 14.1. The Kier molecular flexibility index (Phi) is 5.87. The quantitative estimate of drug-likeness (QED) is 0.251. The van der Waals surface area contributed by atoms with Gasteiger partial charge >= 0.3 is 0 Å². The van der Waals surface area contributed by atoms with Crippen LogP contribution in [0.4, 0.5) is 0 Å². The van der Waals surface area contributed by atoms with Gasteiger partial charge in [-0.1, -0.05) is 127 Å². The van der Waals surface area contributed by atoms with Crippen molar-refractivity contribution in [3.8, 4) is 11.8 Å². The lowest BCUT2D eigenvalue weighted by Gasteiger charge is -2.47. The van der Waals surface area contributed by atoms with Gasteiger partial charge < -0.3 is 0 Å². The topological polar surface area (TPSA) is 0 Å². The molecule has 3 aliphatic rings. The molecule has 1 atom stereocenters. The molecule has 0 bridgehead atoms. The van der Waals surface area contributed by atoms with E-state index in [9.17, 15) is 0 Å². The molecule has 2 saturated carbocycles. The monoisotopic (exact) mass is 488 g/mol. The van der Waals surface area contributed by atoms with Crippen LogP contribution >= 0.6 is 0 Å². The van der Waals surface area contributed by atoms with Gasteiger partial charge in [0.15, 0.2) is 0 Å². The van der Waals surface area contributed by atoms with Crippen LogP contribution < -0.4 is 0 Å². The van der Waals surface area contributed by atoms with Crippen molar-refractivity contribution < 1.29 is 0 Å². The predicted molar refractivity (Wildman–Crippen MR) is 158 cm³/mol. The zero-order valence-electron chi connectivity index (χ0n) is 21.8. The molecular weight excluding hydrogens is 456 g/mol. The zero-order valence-corrected chi connectivity index (χ0v) is 21.8. The van der Waals surface area contributed by atoms with Crippen molar-refractivity contribution in [3.05, 3.63) is 154 Å². The summed E-state index contributed by atoms with van der Waals surface area (Å²) in [7, 11) is 0. The van der Waals surface area contributed by atoms with Gasteiger partial charge in [0.05, 0.1) is 5.41 Å². The van der Waals surface area contributed by atoms with E-state index >= 15 is 0 Å². The van der Waals surface area contributed by atoms with Crippen molar-refractivity contribution in [2.24, 2.45) is 5.92 Å². The maximum Gasteiger partial charge on any atom is 0.0504 e. The molecule has 4 aromatic rings. The van der Waals surface area contributed by atoms with Gasteiger partial charge in [-0.05, 0) is 83.6 Å². The highest BCUT2D eigenvalue weighted by molar-refractivity contribution is 6.04. The Labute approximate surface area is 226 Å². The summed E-state index contributed by atoms with van der Waals surface area (Å²) in [5, 5.41) is 0. The van der Waals surface area contributed by atoms with E-state index in [0.29, 0.717) is 5.92 Å². The SMILES string of the molecule is C(#Cc1ccccc1)C1=C(C(=C2CCC2)c2ccccc2)C(c2ccccc2)(C2CCC2)c2ccccc21. The van der Waals surface area contributed by atoms with E-state index in [-0.39, 0.29) is 5.41 Å². The second-order valence-electron chi connectivity index (χ2n) is 10.9. The lowest BCUT2D eigenvalue weighted by atomic mass is 9.55. The Morgan fingerprint density at radius 3 is 1.89 bits per heavy atom. The molecule has 0 spiro atoms. The molecule has 0 heterocycles. The first kappa shape index (κ1) is 23.1. The second kappa shape index (κ2) is 9.66. The third-order valence-electron chi connectivity index (χ3n) is 8.94. The van der Waals surface area contributed by atoms with Gasteiger partial charge in [-0.3, -0.25) is 0 Å². The van der Waals surface area contributed by atoms with Crippen LogP contribution in [0.3, 0.4) is 0 Å². The molecule has 0 N–H and O–H groups in total. The average Bonchev–Trinajstić information content (AvgIpc) is 3.20. The molecule has 0 aliphatic heterocycles. The van der Waals surface area contributed by atoms with E-state index in [4.69, 9.17) is 0 Å². The minimum atomic E-state index is -0.190. The van der Waals surface area contributed by atoms with Crippen LogP contribution in [0.25, 0.3) is 11.1 Å². The minimum absolute atomic E-state index is 0.190. The summed E-state index contributed by atoms with van der Waals surface area (Å²) in [5.41, 5.74) is 12.1. The van der Waals surface area contributed by atoms with Crippen molar-refractivity contribution in [1.29, 1.82) is 0 Å². The Balaban J connectivity index is 1.61. The van der Waals surface area contributed by atoms with E-state index in [1.165, 1.54) is 77.5 Å². The van der Waals surface area contributed by atoms with E-state index < -0.39 is 0 Å². The van der Waals surface area contributed by atoms with Crippen LogP contribution in [-0.2, 0) is 5.41 Å². The van der Waals surface area contributed by atoms with Crippen molar-refractivity contribution in [3.63, 3.8) is 0 Å². The molecule has 0 saturated heterocycles. The van der Waals surface area contributed by atoms with Crippen molar-refractivity contribution in [1.82, 2.24) is 0 Å².